The van der Waals surface area contributed by atoms with E-state index in [4.69, 9.17) is 4.74 Å². The van der Waals surface area contributed by atoms with E-state index in [-0.39, 0.29) is 28.6 Å². The van der Waals surface area contributed by atoms with E-state index in [0.29, 0.717) is 51.2 Å². The Morgan fingerprint density at radius 3 is 2.26 bits per heavy atom. The van der Waals surface area contributed by atoms with Gasteiger partial charge in [-0.25, -0.2) is 8.42 Å². The Bertz CT molecular complexity index is 798. The highest BCUT2D eigenvalue weighted by Crippen LogP contribution is 2.26. The van der Waals surface area contributed by atoms with Crippen molar-refractivity contribution < 1.29 is 22.7 Å². The summed E-state index contributed by atoms with van der Waals surface area (Å²) in [6, 6.07) is 6.01. The monoisotopic (exact) mass is 394 g/mol. The zero-order valence-electron chi connectivity index (χ0n) is 15.8. The molecule has 0 saturated carbocycles. The van der Waals surface area contributed by atoms with Crippen molar-refractivity contribution in [1.82, 2.24) is 9.21 Å². The first-order valence-electron chi connectivity index (χ1n) is 9.30. The smallest absolute Gasteiger partial charge is 0.243 e. The van der Waals surface area contributed by atoms with E-state index in [1.807, 2.05) is 11.8 Å². The Kier molecular flexibility index (Phi) is 5.98. The van der Waals surface area contributed by atoms with Crippen LogP contribution in [0.4, 0.5) is 0 Å². The van der Waals surface area contributed by atoms with Gasteiger partial charge in [-0.1, -0.05) is 12.1 Å². The minimum absolute atomic E-state index is 0.0427. The lowest BCUT2D eigenvalue weighted by Gasteiger charge is -2.36. The zero-order valence-corrected chi connectivity index (χ0v) is 16.6. The average Bonchev–Trinajstić information content (AvgIpc) is 2.67. The molecule has 2 heterocycles. The summed E-state index contributed by atoms with van der Waals surface area (Å²) in [6.45, 7) is 5.80. The molecule has 1 aromatic rings. The standard InChI is InChI=1S/C19H26N2O5S/c1-14-13-20(11-12-26-14)19(23)17-7-9-21(10-8-17)27(24,25)18-5-3-16(4-6-18)15(2)22/h3-6,14,17H,7-13H2,1-2H3. The van der Waals surface area contributed by atoms with Crippen molar-refractivity contribution in [3.8, 4) is 0 Å². The SMILES string of the molecule is CC(=O)c1ccc(S(=O)(=O)N2CCC(C(=O)N3CCOC(C)C3)CC2)cc1. The maximum absolute atomic E-state index is 12.8. The third-order valence-electron chi connectivity index (χ3n) is 5.25. The largest absolute Gasteiger partial charge is 0.375 e. The molecule has 1 aromatic carbocycles. The number of carbonyl (C=O) groups is 2. The summed E-state index contributed by atoms with van der Waals surface area (Å²) in [7, 11) is -3.61. The summed E-state index contributed by atoms with van der Waals surface area (Å²) in [6.07, 6.45) is 1.09. The summed E-state index contributed by atoms with van der Waals surface area (Å²) in [4.78, 5) is 26.1. The van der Waals surface area contributed by atoms with Gasteiger partial charge in [-0.2, -0.15) is 4.31 Å². The van der Waals surface area contributed by atoms with Crippen LogP contribution in [-0.4, -0.2) is 68.2 Å². The normalized spacial score (nSPS) is 22.6. The van der Waals surface area contributed by atoms with E-state index >= 15 is 0 Å². The van der Waals surface area contributed by atoms with Crippen molar-refractivity contribution in [2.24, 2.45) is 5.92 Å². The number of hydrogen-bond donors (Lipinski definition) is 0. The predicted octanol–water partition coefficient (Wildman–Crippen LogP) is 1.54. The van der Waals surface area contributed by atoms with Gasteiger partial charge in [0.25, 0.3) is 0 Å². The first-order valence-corrected chi connectivity index (χ1v) is 10.7. The number of sulfonamides is 1. The van der Waals surface area contributed by atoms with Crippen molar-refractivity contribution in [2.45, 2.75) is 37.7 Å². The fraction of sp³-hybridized carbons (Fsp3) is 0.579. The molecule has 2 aliphatic heterocycles. The Morgan fingerprint density at radius 2 is 1.70 bits per heavy atom. The van der Waals surface area contributed by atoms with Crippen LogP contribution >= 0.6 is 0 Å². The van der Waals surface area contributed by atoms with Crippen molar-refractivity contribution in [3.05, 3.63) is 29.8 Å². The molecule has 1 unspecified atom stereocenters. The topological polar surface area (TPSA) is 84.0 Å². The van der Waals surface area contributed by atoms with E-state index in [0.717, 1.165) is 0 Å². The second kappa shape index (κ2) is 8.08. The highest BCUT2D eigenvalue weighted by molar-refractivity contribution is 7.89. The van der Waals surface area contributed by atoms with Gasteiger partial charge in [-0.3, -0.25) is 9.59 Å². The Labute approximate surface area is 160 Å². The molecule has 0 aromatic heterocycles. The molecule has 2 fully saturated rings. The minimum atomic E-state index is -3.61. The van der Waals surface area contributed by atoms with Crippen molar-refractivity contribution >= 4 is 21.7 Å². The van der Waals surface area contributed by atoms with Gasteiger partial charge in [0.1, 0.15) is 0 Å². The molecule has 8 heteroatoms. The molecule has 1 amide bonds. The highest BCUT2D eigenvalue weighted by Gasteiger charge is 2.34. The number of piperidine rings is 1. The summed E-state index contributed by atoms with van der Waals surface area (Å²) < 4.78 is 32.5. The Hall–Kier alpha value is -1.77. The number of amides is 1. The molecule has 0 N–H and O–H groups in total. The number of ether oxygens (including phenoxy) is 1. The van der Waals surface area contributed by atoms with Gasteiger partial charge < -0.3 is 9.64 Å². The third kappa shape index (κ3) is 4.39. The lowest BCUT2D eigenvalue weighted by molar-refractivity contribution is -0.143. The summed E-state index contributed by atoms with van der Waals surface area (Å²) in [5.41, 5.74) is 0.484. The van der Waals surface area contributed by atoms with Crippen LogP contribution in [0.3, 0.4) is 0 Å². The van der Waals surface area contributed by atoms with Crippen molar-refractivity contribution in [3.63, 3.8) is 0 Å². The quantitative estimate of drug-likeness (QED) is 0.724. The molecular formula is C19H26N2O5S. The second-order valence-corrected chi connectivity index (χ2v) is 9.16. The van der Waals surface area contributed by atoms with Gasteiger partial charge >= 0.3 is 0 Å². The number of nitrogens with zero attached hydrogens (tertiary/aromatic N) is 2. The van der Waals surface area contributed by atoms with Gasteiger partial charge in [0.05, 0.1) is 17.6 Å². The highest BCUT2D eigenvalue weighted by atomic mass is 32.2. The summed E-state index contributed by atoms with van der Waals surface area (Å²) in [5, 5.41) is 0. The van der Waals surface area contributed by atoms with E-state index in [1.165, 1.54) is 35.5 Å². The van der Waals surface area contributed by atoms with Crippen LogP contribution in [0.1, 0.15) is 37.0 Å². The first kappa shape index (κ1) is 20.0. The fourth-order valence-corrected chi connectivity index (χ4v) is 5.10. The molecule has 27 heavy (non-hydrogen) atoms. The van der Waals surface area contributed by atoms with Gasteiger partial charge in [0.2, 0.25) is 15.9 Å². The lowest BCUT2D eigenvalue weighted by atomic mass is 9.96. The molecule has 148 valence electrons. The molecule has 3 rings (SSSR count). The molecule has 2 aliphatic rings. The van der Waals surface area contributed by atoms with Crippen LogP contribution < -0.4 is 0 Å². The van der Waals surface area contributed by atoms with Crippen LogP contribution in [0.15, 0.2) is 29.2 Å². The minimum Gasteiger partial charge on any atom is -0.375 e. The van der Waals surface area contributed by atoms with Crippen LogP contribution in [-0.2, 0) is 19.6 Å². The van der Waals surface area contributed by atoms with Crippen LogP contribution in [0.2, 0.25) is 0 Å². The van der Waals surface area contributed by atoms with Gasteiger partial charge in [-0.05, 0) is 38.8 Å². The molecular weight excluding hydrogens is 368 g/mol. The Morgan fingerprint density at radius 1 is 1.07 bits per heavy atom. The van der Waals surface area contributed by atoms with E-state index in [2.05, 4.69) is 0 Å². The maximum Gasteiger partial charge on any atom is 0.243 e. The zero-order chi connectivity index (χ0) is 19.6. The molecule has 1 atom stereocenters. The summed E-state index contributed by atoms with van der Waals surface area (Å²) in [5.74, 6) is -0.134. The van der Waals surface area contributed by atoms with Crippen LogP contribution in [0, 0.1) is 5.92 Å². The summed E-state index contributed by atoms with van der Waals surface area (Å²) >= 11 is 0. The van der Waals surface area contributed by atoms with E-state index in [1.54, 1.807) is 0 Å². The molecule has 0 radical (unpaired) electrons. The second-order valence-electron chi connectivity index (χ2n) is 7.22. The van der Waals surface area contributed by atoms with Crippen molar-refractivity contribution in [1.29, 1.82) is 0 Å². The fourth-order valence-electron chi connectivity index (χ4n) is 3.63. The number of carbonyl (C=O) groups excluding carboxylic acids is 2. The van der Waals surface area contributed by atoms with Crippen LogP contribution in [0.5, 0.6) is 0 Å². The van der Waals surface area contributed by atoms with Gasteiger partial charge in [0, 0.05) is 37.7 Å². The Balaban J connectivity index is 1.62. The third-order valence-corrected chi connectivity index (χ3v) is 7.17. The van der Waals surface area contributed by atoms with Crippen LogP contribution in [0.25, 0.3) is 0 Å². The number of morpholine rings is 1. The molecule has 2 saturated heterocycles. The van der Waals surface area contributed by atoms with Crippen molar-refractivity contribution in [2.75, 3.05) is 32.8 Å². The number of hydrogen-bond acceptors (Lipinski definition) is 5. The number of ketones is 1. The van der Waals surface area contributed by atoms with Gasteiger partial charge in [0.15, 0.2) is 5.78 Å². The number of rotatable bonds is 4. The molecule has 0 spiro atoms. The lowest BCUT2D eigenvalue weighted by Crippen LogP contribution is -2.49. The number of benzene rings is 1. The molecule has 7 nitrogen and oxygen atoms in total. The number of Topliss-reactive ketones (excluding diaryl/α,β-unsaturated/α-hetero) is 1. The molecule has 0 bridgehead atoms. The average molecular weight is 394 g/mol. The predicted molar refractivity (Wildman–Crippen MR) is 99.9 cm³/mol. The maximum atomic E-state index is 12.8. The van der Waals surface area contributed by atoms with Gasteiger partial charge in [-0.15, -0.1) is 0 Å². The van der Waals surface area contributed by atoms with E-state index in [9.17, 15) is 18.0 Å². The molecule has 0 aliphatic carbocycles. The first-order chi connectivity index (χ1) is 12.8. The van der Waals surface area contributed by atoms with E-state index < -0.39 is 10.0 Å².